The quantitative estimate of drug-likeness (QED) is 0.845. The SMILES string of the molecule is NCC(CO)(Cc1cccc(C(F)(F)F)c1)CC1CC1. The highest BCUT2D eigenvalue weighted by Crippen LogP contribution is 2.41. The van der Waals surface area contributed by atoms with Gasteiger partial charge in [0.15, 0.2) is 0 Å². The molecule has 1 saturated carbocycles. The van der Waals surface area contributed by atoms with Crippen LogP contribution in [0.2, 0.25) is 0 Å². The molecule has 5 heteroatoms. The number of aliphatic hydroxyl groups excluding tert-OH is 1. The third kappa shape index (κ3) is 3.73. The smallest absolute Gasteiger partial charge is 0.396 e. The number of rotatable bonds is 6. The van der Waals surface area contributed by atoms with Crippen LogP contribution in [0.15, 0.2) is 24.3 Å². The van der Waals surface area contributed by atoms with E-state index in [4.69, 9.17) is 5.73 Å². The molecule has 2 nitrogen and oxygen atoms in total. The monoisotopic (exact) mass is 287 g/mol. The Morgan fingerprint density at radius 3 is 2.45 bits per heavy atom. The van der Waals surface area contributed by atoms with Crippen molar-refractivity contribution in [1.82, 2.24) is 0 Å². The van der Waals surface area contributed by atoms with Crippen LogP contribution < -0.4 is 5.73 Å². The van der Waals surface area contributed by atoms with Gasteiger partial charge >= 0.3 is 6.18 Å². The molecule has 3 N–H and O–H groups in total. The number of benzene rings is 1. The molecule has 0 bridgehead atoms. The average molecular weight is 287 g/mol. The molecule has 0 amide bonds. The van der Waals surface area contributed by atoms with Gasteiger partial charge in [-0.15, -0.1) is 0 Å². The molecule has 0 aliphatic heterocycles. The van der Waals surface area contributed by atoms with E-state index in [1.165, 1.54) is 6.07 Å². The van der Waals surface area contributed by atoms with Gasteiger partial charge in [0, 0.05) is 12.0 Å². The summed E-state index contributed by atoms with van der Waals surface area (Å²) in [6, 6.07) is 5.30. The Morgan fingerprint density at radius 1 is 1.25 bits per heavy atom. The third-order valence-electron chi connectivity index (χ3n) is 4.02. The van der Waals surface area contributed by atoms with Crippen molar-refractivity contribution in [2.45, 2.75) is 31.9 Å². The van der Waals surface area contributed by atoms with E-state index in [2.05, 4.69) is 0 Å². The molecule has 0 heterocycles. The summed E-state index contributed by atoms with van der Waals surface area (Å²) in [4.78, 5) is 0. The molecule has 1 unspecified atom stereocenters. The van der Waals surface area contributed by atoms with Crippen molar-refractivity contribution in [3.63, 3.8) is 0 Å². The molecule has 0 radical (unpaired) electrons. The van der Waals surface area contributed by atoms with Gasteiger partial charge in [-0.1, -0.05) is 31.0 Å². The summed E-state index contributed by atoms with van der Waals surface area (Å²) in [5.41, 5.74) is 5.22. The van der Waals surface area contributed by atoms with Crippen LogP contribution >= 0.6 is 0 Å². The van der Waals surface area contributed by atoms with Crippen molar-refractivity contribution in [3.05, 3.63) is 35.4 Å². The van der Waals surface area contributed by atoms with Gasteiger partial charge < -0.3 is 10.8 Å². The second-order valence-corrected chi connectivity index (χ2v) is 5.88. The summed E-state index contributed by atoms with van der Waals surface area (Å²) >= 11 is 0. The minimum atomic E-state index is -4.34. The molecule has 1 aromatic rings. The number of hydrogen-bond donors (Lipinski definition) is 2. The Kier molecular flexibility index (Phi) is 4.39. The zero-order valence-electron chi connectivity index (χ0n) is 11.3. The normalized spacial score (nSPS) is 18.9. The van der Waals surface area contributed by atoms with E-state index in [-0.39, 0.29) is 13.2 Å². The Labute approximate surface area is 116 Å². The number of aliphatic hydroxyl groups is 1. The highest BCUT2D eigenvalue weighted by molar-refractivity contribution is 5.26. The summed E-state index contributed by atoms with van der Waals surface area (Å²) < 4.78 is 38.1. The predicted molar refractivity (Wildman–Crippen MR) is 71.1 cm³/mol. The largest absolute Gasteiger partial charge is 0.416 e. The molecule has 0 saturated heterocycles. The maximum absolute atomic E-state index is 12.7. The molecule has 1 aliphatic rings. The molecule has 0 aromatic heterocycles. The Hall–Kier alpha value is -1.07. The van der Waals surface area contributed by atoms with Crippen LogP contribution in [0, 0.1) is 11.3 Å². The van der Waals surface area contributed by atoms with Crippen LogP contribution in [0.5, 0.6) is 0 Å². The van der Waals surface area contributed by atoms with Crippen molar-refractivity contribution in [3.8, 4) is 0 Å². The lowest BCUT2D eigenvalue weighted by Gasteiger charge is -2.31. The average Bonchev–Trinajstić information content (AvgIpc) is 3.21. The van der Waals surface area contributed by atoms with Gasteiger partial charge in [0.2, 0.25) is 0 Å². The van der Waals surface area contributed by atoms with Gasteiger partial charge in [0.25, 0.3) is 0 Å². The van der Waals surface area contributed by atoms with Gasteiger partial charge in [-0.25, -0.2) is 0 Å². The molecule has 1 atom stereocenters. The fourth-order valence-electron chi connectivity index (χ4n) is 2.64. The number of hydrogen-bond acceptors (Lipinski definition) is 2. The second-order valence-electron chi connectivity index (χ2n) is 5.88. The second kappa shape index (κ2) is 5.74. The van der Waals surface area contributed by atoms with Crippen LogP contribution in [0.3, 0.4) is 0 Å². The van der Waals surface area contributed by atoms with Crippen LogP contribution in [0.25, 0.3) is 0 Å². The van der Waals surface area contributed by atoms with Crippen molar-refractivity contribution in [1.29, 1.82) is 0 Å². The first-order valence-corrected chi connectivity index (χ1v) is 6.86. The molecule has 20 heavy (non-hydrogen) atoms. The molecule has 1 fully saturated rings. The van der Waals surface area contributed by atoms with Crippen LogP contribution in [-0.2, 0) is 12.6 Å². The van der Waals surface area contributed by atoms with Gasteiger partial charge in [0.1, 0.15) is 0 Å². The van der Waals surface area contributed by atoms with E-state index in [1.54, 1.807) is 6.07 Å². The van der Waals surface area contributed by atoms with Crippen LogP contribution in [0.1, 0.15) is 30.4 Å². The predicted octanol–water partition coefficient (Wildman–Crippen LogP) is 2.99. The first-order valence-electron chi connectivity index (χ1n) is 6.86. The first-order chi connectivity index (χ1) is 9.38. The summed E-state index contributed by atoms with van der Waals surface area (Å²) in [5, 5.41) is 9.64. The molecule has 1 aliphatic carbocycles. The van der Waals surface area contributed by atoms with E-state index in [0.717, 1.165) is 31.4 Å². The lowest BCUT2D eigenvalue weighted by atomic mass is 9.77. The number of halogens is 3. The van der Waals surface area contributed by atoms with Crippen molar-refractivity contribution < 1.29 is 18.3 Å². The van der Waals surface area contributed by atoms with E-state index in [0.29, 0.717) is 17.9 Å². The van der Waals surface area contributed by atoms with Gasteiger partial charge in [0.05, 0.1) is 12.2 Å². The lowest BCUT2D eigenvalue weighted by Crippen LogP contribution is -2.37. The standard InChI is InChI=1S/C15H20F3NO/c16-15(17,18)13-3-1-2-12(6-13)8-14(9-19,10-20)7-11-4-5-11/h1-3,6,11,20H,4-5,7-10,19H2. The van der Waals surface area contributed by atoms with Crippen molar-refractivity contribution >= 4 is 0 Å². The van der Waals surface area contributed by atoms with Crippen molar-refractivity contribution in [2.24, 2.45) is 17.1 Å². The highest BCUT2D eigenvalue weighted by Gasteiger charge is 2.36. The summed E-state index contributed by atoms with van der Waals surface area (Å²) in [7, 11) is 0. The molecule has 1 aromatic carbocycles. The maximum atomic E-state index is 12.7. The molecule has 2 rings (SSSR count). The third-order valence-corrected chi connectivity index (χ3v) is 4.02. The summed E-state index contributed by atoms with van der Waals surface area (Å²) in [6.45, 7) is 0.201. The van der Waals surface area contributed by atoms with Gasteiger partial charge in [-0.05, 0) is 30.4 Å². The van der Waals surface area contributed by atoms with Gasteiger partial charge in [-0.3, -0.25) is 0 Å². The number of nitrogens with two attached hydrogens (primary N) is 1. The lowest BCUT2D eigenvalue weighted by molar-refractivity contribution is -0.137. The van der Waals surface area contributed by atoms with E-state index >= 15 is 0 Å². The topological polar surface area (TPSA) is 46.2 Å². The Balaban J connectivity index is 2.17. The Morgan fingerprint density at radius 2 is 1.95 bits per heavy atom. The highest BCUT2D eigenvalue weighted by atomic mass is 19.4. The van der Waals surface area contributed by atoms with Crippen LogP contribution in [0.4, 0.5) is 13.2 Å². The zero-order valence-corrected chi connectivity index (χ0v) is 11.3. The first kappa shape index (κ1) is 15.3. The molecule has 0 spiro atoms. The fourth-order valence-corrected chi connectivity index (χ4v) is 2.64. The minimum Gasteiger partial charge on any atom is -0.396 e. The van der Waals surface area contributed by atoms with Crippen LogP contribution in [-0.4, -0.2) is 18.3 Å². The Bertz CT molecular complexity index is 451. The van der Waals surface area contributed by atoms with E-state index < -0.39 is 17.2 Å². The van der Waals surface area contributed by atoms with E-state index in [1.807, 2.05) is 0 Å². The summed E-state index contributed by atoms with van der Waals surface area (Å²) in [5.74, 6) is 0.566. The maximum Gasteiger partial charge on any atom is 0.416 e. The number of alkyl halides is 3. The van der Waals surface area contributed by atoms with E-state index in [9.17, 15) is 18.3 Å². The summed E-state index contributed by atoms with van der Waals surface area (Å²) in [6.07, 6.45) is -0.900. The fraction of sp³-hybridized carbons (Fsp3) is 0.600. The minimum absolute atomic E-state index is 0.0871. The molecular weight excluding hydrogens is 267 g/mol. The molecule has 112 valence electrons. The van der Waals surface area contributed by atoms with Crippen molar-refractivity contribution in [2.75, 3.05) is 13.2 Å². The van der Waals surface area contributed by atoms with Gasteiger partial charge in [-0.2, -0.15) is 13.2 Å². The zero-order chi connectivity index (χ0) is 14.8. The molecular formula is C15H20F3NO.